The van der Waals surface area contributed by atoms with Crippen LogP contribution >= 0.6 is 0 Å². The molecule has 0 amide bonds. The zero-order chi connectivity index (χ0) is 15.7. The van der Waals surface area contributed by atoms with Gasteiger partial charge in [0.1, 0.15) is 4.90 Å². The van der Waals surface area contributed by atoms with Crippen molar-refractivity contribution in [3.8, 4) is 11.3 Å². The van der Waals surface area contributed by atoms with Crippen LogP contribution in [0.15, 0.2) is 58.6 Å². The number of nitrogens with one attached hydrogen (secondary N) is 1. The van der Waals surface area contributed by atoms with Gasteiger partial charge in [-0.05, 0) is 24.6 Å². The standard InChI is InChI=1S/C15H15N3O3S/c1-11-3-4-12(15-8-16-10-21-15)7-14(11)17-22(19,20)13-5-6-18(2)9-13/h3-10,17H,1-2H3. The number of oxazole rings is 1. The zero-order valence-corrected chi connectivity index (χ0v) is 13.0. The van der Waals surface area contributed by atoms with Crippen LogP contribution in [0.2, 0.25) is 0 Å². The lowest BCUT2D eigenvalue weighted by atomic mass is 10.1. The van der Waals surface area contributed by atoms with Gasteiger partial charge in [0, 0.05) is 25.0 Å². The van der Waals surface area contributed by atoms with Gasteiger partial charge >= 0.3 is 0 Å². The highest BCUT2D eigenvalue weighted by atomic mass is 32.2. The molecule has 7 heteroatoms. The molecule has 0 fully saturated rings. The first-order valence-electron chi connectivity index (χ1n) is 6.60. The van der Waals surface area contributed by atoms with E-state index < -0.39 is 10.0 Å². The smallest absolute Gasteiger partial charge is 0.263 e. The van der Waals surface area contributed by atoms with Crippen LogP contribution < -0.4 is 4.72 Å². The molecular formula is C15H15N3O3S. The topological polar surface area (TPSA) is 77.1 Å². The van der Waals surface area contributed by atoms with Crippen molar-refractivity contribution in [3.63, 3.8) is 0 Å². The monoisotopic (exact) mass is 317 g/mol. The number of aromatic nitrogens is 2. The van der Waals surface area contributed by atoms with Crippen LogP contribution in [0, 0.1) is 6.92 Å². The highest BCUT2D eigenvalue weighted by Gasteiger charge is 2.17. The van der Waals surface area contributed by atoms with E-state index in [0.29, 0.717) is 11.4 Å². The Labute approximate surface area is 128 Å². The van der Waals surface area contributed by atoms with E-state index in [4.69, 9.17) is 4.42 Å². The predicted octanol–water partition coefficient (Wildman–Crippen LogP) is 2.79. The van der Waals surface area contributed by atoms with Crippen molar-refractivity contribution in [1.82, 2.24) is 9.55 Å². The lowest BCUT2D eigenvalue weighted by Crippen LogP contribution is -2.13. The van der Waals surface area contributed by atoms with Crippen LogP contribution in [0.1, 0.15) is 5.56 Å². The van der Waals surface area contributed by atoms with Gasteiger partial charge in [-0.25, -0.2) is 13.4 Å². The van der Waals surface area contributed by atoms with E-state index in [1.165, 1.54) is 6.39 Å². The van der Waals surface area contributed by atoms with Gasteiger partial charge in [-0.1, -0.05) is 12.1 Å². The third-order valence-electron chi connectivity index (χ3n) is 3.31. The third kappa shape index (κ3) is 2.75. The van der Waals surface area contributed by atoms with Gasteiger partial charge in [0.2, 0.25) is 0 Å². The summed E-state index contributed by atoms with van der Waals surface area (Å²) in [6, 6.07) is 6.98. The summed E-state index contributed by atoms with van der Waals surface area (Å²) in [7, 11) is -1.85. The van der Waals surface area contributed by atoms with Crippen LogP contribution in [0.25, 0.3) is 11.3 Å². The van der Waals surface area contributed by atoms with Gasteiger partial charge in [0.05, 0.1) is 11.9 Å². The fraction of sp³-hybridized carbons (Fsp3) is 0.133. The minimum atomic E-state index is -3.62. The first-order chi connectivity index (χ1) is 10.5. The van der Waals surface area contributed by atoms with Gasteiger partial charge in [0.15, 0.2) is 12.2 Å². The lowest BCUT2D eigenvalue weighted by Gasteiger charge is -2.10. The fourth-order valence-electron chi connectivity index (χ4n) is 2.08. The molecule has 0 saturated carbocycles. The minimum Gasteiger partial charge on any atom is -0.444 e. The third-order valence-corrected chi connectivity index (χ3v) is 4.66. The number of hydrogen-bond donors (Lipinski definition) is 1. The van der Waals surface area contributed by atoms with E-state index in [2.05, 4.69) is 9.71 Å². The second-order valence-corrected chi connectivity index (χ2v) is 6.70. The van der Waals surface area contributed by atoms with Crippen LogP contribution in [0.5, 0.6) is 0 Å². The maximum absolute atomic E-state index is 12.4. The Balaban J connectivity index is 1.97. The number of sulfonamides is 1. The fourth-order valence-corrected chi connectivity index (χ4v) is 3.26. The maximum Gasteiger partial charge on any atom is 0.263 e. The molecule has 0 radical (unpaired) electrons. The van der Waals surface area contributed by atoms with Crippen molar-refractivity contribution < 1.29 is 12.8 Å². The Kier molecular flexibility index (Phi) is 3.50. The molecule has 0 spiro atoms. The van der Waals surface area contributed by atoms with Gasteiger partial charge < -0.3 is 8.98 Å². The Morgan fingerprint density at radius 1 is 1.27 bits per heavy atom. The van der Waals surface area contributed by atoms with E-state index in [1.807, 2.05) is 19.1 Å². The Bertz CT molecular complexity index is 896. The molecule has 1 aromatic carbocycles. The average molecular weight is 317 g/mol. The summed E-state index contributed by atoms with van der Waals surface area (Å²) in [5.74, 6) is 0.583. The van der Waals surface area contributed by atoms with Crippen molar-refractivity contribution in [1.29, 1.82) is 0 Å². The summed E-state index contributed by atoms with van der Waals surface area (Å²) in [6.45, 7) is 1.84. The minimum absolute atomic E-state index is 0.222. The molecule has 0 atom stereocenters. The normalized spacial score (nSPS) is 11.5. The van der Waals surface area contributed by atoms with Crippen molar-refractivity contribution in [2.24, 2.45) is 7.05 Å². The van der Waals surface area contributed by atoms with Gasteiger partial charge in [0.25, 0.3) is 10.0 Å². The molecule has 1 N–H and O–H groups in total. The summed E-state index contributed by atoms with van der Waals surface area (Å²) in [6.07, 6.45) is 6.16. The van der Waals surface area contributed by atoms with E-state index >= 15 is 0 Å². The Morgan fingerprint density at radius 2 is 2.09 bits per heavy atom. The number of anilines is 1. The van der Waals surface area contributed by atoms with Crippen molar-refractivity contribution in [3.05, 3.63) is 54.8 Å². The first kappa shape index (κ1) is 14.4. The molecule has 0 aliphatic rings. The molecule has 0 aliphatic heterocycles. The van der Waals surface area contributed by atoms with Crippen LogP contribution in [-0.4, -0.2) is 18.0 Å². The van der Waals surface area contributed by atoms with Crippen LogP contribution in [-0.2, 0) is 17.1 Å². The molecule has 22 heavy (non-hydrogen) atoms. The highest BCUT2D eigenvalue weighted by Crippen LogP contribution is 2.27. The first-order valence-corrected chi connectivity index (χ1v) is 8.08. The average Bonchev–Trinajstić information content (AvgIpc) is 3.12. The molecular weight excluding hydrogens is 302 g/mol. The van der Waals surface area contributed by atoms with E-state index in [1.54, 1.807) is 42.3 Å². The lowest BCUT2D eigenvalue weighted by molar-refractivity contribution is 0.572. The molecule has 114 valence electrons. The van der Waals surface area contributed by atoms with Crippen molar-refractivity contribution in [2.75, 3.05) is 4.72 Å². The number of aryl methyl sites for hydroxylation is 2. The molecule has 0 bridgehead atoms. The Hall–Kier alpha value is -2.54. The van der Waals surface area contributed by atoms with Crippen molar-refractivity contribution >= 4 is 15.7 Å². The quantitative estimate of drug-likeness (QED) is 0.802. The summed E-state index contributed by atoms with van der Waals surface area (Å²) in [4.78, 5) is 4.09. The summed E-state index contributed by atoms with van der Waals surface area (Å²) < 4.78 is 34.4. The van der Waals surface area contributed by atoms with E-state index in [9.17, 15) is 8.42 Å². The molecule has 0 saturated heterocycles. The van der Waals surface area contributed by atoms with E-state index in [-0.39, 0.29) is 4.90 Å². The predicted molar refractivity (Wildman–Crippen MR) is 82.9 cm³/mol. The SMILES string of the molecule is Cc1ccc(-c2cnco2)cc1NS(=O)(=O)c1ccn(C)c1. The number of nitrogens with zero attached hydrogens (tertiary/aromatic N) is 2. The van der Waals surface area contributed by atoms with Crippen LogP contribution in [0.3, 0.4) is 0 Å². The van der Waals surface area contributed by atoms with Crippen LogP contribution in [0.4, 0.5) is 5.69 Å². The summed E-state index contributed by atoms with van der Waals surface area (Å²) in [5, 5.41) is 0. The number of hydrogen-bond acceptors (Lipinski definition) is 4. The van der Waals surface area contributed by atoms with Gasteiger partial charge in [-0.2, -0.15) is 0 Å². The second-order valence-electron chi connectivity index (χ2n) is 5.01. The van der Waals surface area contributed by atoms with E-state index in [0.717, 1.165) is 11.1 Å². The molecule has 3 aromatic rings. The van der Waals surface area contributed by atoms with Gasteiger partial charge in [-0.3, -0.25) is 4.72 Å². The van der Waals surface area contributed by atoms with Crippen molar-refractivity contribution in [2.45, 2.75) is 11.8 Å². The highest BCUT2D eigenvalue weighted by molar-refractivity contribution is 7.92. The van der Waals surface area contributed by atoms with Gasteiger partial charge in [-0.15, -0.1) is 0 Å². The number of rotatable bonds is 4. The maximum atomic E-state index is 12.4. The molecule has 3 rings (SSSR count). The Morgan fingerprint density at radius 3 is 2.73 bits per heavy atom. The zero-order valence-electron chi connectivity index (χ0n) is 12.1. The summed E-state index contributed by atoms with van der Waals surface area (Å²) in [5.41, 5.74) is 2.09. The largest absolute Gasteiger partial charge is 0.444 e. The molecule has 0 unspecified atom stereocenters. The molecule has 6 nitrogen and oxygen atoms in total. The molecule has 0 aliphatic carbocycles. The second kappa shape index (κ2) is 5.34. The molecule has 2 aromatic heterocycles. The molecule has 2 heterocycles. The number of benzene rings is 1. The summed E-state index contributed by atoms with van der Waals surface area (Å²) >= 11 is 0.